The zero-order valence-corrected chi connectivity index (χ0v) is 10.7. The number of pyridine rings is 1. The molecular weight excluding hydrogens is 251 g/mol. The number of aromatic nitrogens is 1. The fourth-order valence-electron chi connectivity index (χ4n) is 1.84. The number of nitrogens with zero attached hydrogens (tertiary/aromatic N) is 2. The first-order valence-electron chi connectivity index (χ1n) is 5.37. The molecule has 0 N–H and O–H groups in total. The highest BCUT2D eigenvalue weighted by atomic mass is 35.5. The lowest BCUT2D eigenvalue weighted by molar-refractivity contribution is 0.628. The lowest BCUT2D eigenvalue weighted by atomic mass is 9.96. The molecule has 0 spiro atoms. The fourth-order valence-corrected chi connectivity index (χ4v) is 2.10. The van der Waals surface area contributed by atoms with Gasteiger partial charge in [-0.25, -0.2) is 9.37 Å². The number of rotatable bonds is 1. The second kappa shape index (κ2) is 4.75. The van der Waals surface area contributed by atoms with E-state index in [2.05, 4.69) is 11.1 Å². The molecule has 0 fully saturated rings. The third-order valence-electron chi connectivity index (χ3n) is 2.88. The van der Waals surface area contributed by atoms with Crippen LogP contribution in [0.1, 0.15) is 16.8 Å². The van der Waals surface area contributed by atoms with Gasteiger partial charge in [0.2, 0.25) is 0 Å². The van der Waals surface area contributed by atoms with E-state index in [1.807, 2.05) is 13.8 Å². The average molecular weight is 261 g/mol. The van der Waals surface area contributed by atoms with Crippen LogP contribution < -0.4 is 0 Å². The van der Waals surface area contributed by atoms with E-state index in [1.54, 1.807) is 12.1 Å². The Morgan fingerprint density at radius 3 is 2.39 bits per heavy atom. The fraction of sp³-hybridized carbons (Fsp3) is 0.143. The summed E-state index contributed by atoms with van der Waals surface area (Å²) in [6.07, 6.45) is 0. The zero-order valence-electron chi connectivity index (χ0n) is 9.96. The monoisotopic (exact) mass is 260 g/mol. The predicted octanol–water partition coefficient (Wildman–Crippen LogP) is 4.03. The Morgan fingerprint density at radius 1 is 1.22 bits per heavy atom. The maximum absolute atomic E-state index is 12.9. The molecule has 0 saturated heterocycles. The Kier molecular flexibility index (Phi) is 3.31. The number of nitriles is 1. The molecule has 0 amide bonds. The molecule has 1 aromatic heterocycles. The molecule has 18 heavy (non-hydrogen) atoms. The molecular formula is C14H10ClFN2. The molecule has 0 unspecified atom stereocenters. The van der Waals surface area contributed by atoms with Gasteiger partial charge in [-0.15, -0.1) is 0 Å². The topological polar surface area (TPSA) is 36.7 Å². The maximum atomic E-state index is 12.9. The van der Waals surface area contributed by atoms with E-state index in [0.29, 0.717) is 5.56 Å². The minimum absolute atomic E-state index is 0.180. The summed E-state index contributed by atoms with van der Waals surface area (Å²) < 4.78 is 12.9. The molecule has 2 nitrogen and oxygen atoms in total. The number of hydrogen-bond donors (Lipinski definition) is 0. The standard InChI is InChI=1S/C14H10ClFN2/c1-8-9(2)18-14(15)12(7-17)13(8)10-3-5-11(16)6-4-10/h3-6H,1-2H3. The second-order valence-electron chi connectivity index (χ2n) is 3.98. The molecule has 0 atom stereocenters. The SMILES string of the molecule is Cc1nc(Cl)c(C#N)c(-c2ccc(F)cc2)c1C. The largest absolute Gasteiger partial charge is 0.240 e. The van der Waals surface area contributed by atoms with Crippen LogP contribution in [0.2, 0.25) is 5.15 Å². The van der Waals surface area contributed by atoms with Crippen LogP contribution in [-0.4, -0.2) is 4.98 Å². The highest BCUT2D eigenvalue weighted by Gasteiger charge is 2.15. The van der Waals surface area contributed by atoms with Gasteiger partial charge in [0.25, 0.3) is 0 Å². The van der Waals surface area contributed by atoms with E-state index in [-0.39, 0.29) is 11.0 Å². The molecule has 2 aromatic rings. The van der Waals surface area contributed by atoms with Gasteiger partial charge in [0.05, 0.1) is 5.56 Å². The summed E-state index contributed by atoms with van der Waals surface area (Å²) >= 11 is 5.98. The quantitative estimate of drug-likeness (QED) is 0.726. The highest BCUT2D eigenvalue weighted by Crippen LogP contribution is 2.32. The molecule has 4 heteroatoms. The molecule has 2 rings (SSSR count). The van der Waals surface area contributed by atoms with Crippen LogP contribution in [-0.2, 0) is 0 Å². The van der Waals surface area contributed by atoms with Crippen molar-refractivity contribution in [1.82, 2.24) is 4.98 Å². The van der Waals surface area contributed by atoms with Gasteiger partial charge in [-0.1, -0.05) is 23.7 Å². The molecule has 90 valence electrons. The van der Waals surface area contributed by atoms with Crippen LogP contribution in [0, 0.1) is 31.0 Å². The number of benzene rings is 1. The summed E-state index contributed by atoms with van der Waals surface area (Å²) in [5.41, 5.74) is 3.44. The molecule has 1 heterocycles. The first kappa shape index (κ1) is 12.5. The molecule has 0 aliphatic rings. The molecule has 0 radical (unpaired) electrons. The third kappa shape index (κ3) is 2.07. The molecule has 0 aliphatic heterocycles. The predicted molar refractivity (Wildman–Crippen MR) is 68.8 cm³/mol. The van der Waals surface area contributed by atoms with Gasteiger partial charge in [-0.3, -0.25) is 0 Å². The van der Waals surface area contributed by atoms with Crippen molar-refractivity contribution in [3.8, 4) is 17.2 Å². The Morgan fingerprint density at radius 2 is 1.83 bits per heavy atom. The van der Waals surface area contributed by atoms with E-state index >= 15 is 0 Å². The number of halogens is 2. The van der Waals surface area contributed by atoms with Crippen molar-refractivity contribution in [2.75, 3.05) is 0 Å². The van der Waals surface area contributed by atoms with Gasteiger partial charge in [0, 0.05) is 11.3 Å². The minimum Gasteiger partial charge on any atom is -0.240 e. The van der Waals surface area contributed by atoms with Crippen molar-refractivity contribution in [3.05, 3.63) is 52.1 Å². The zero-order chi connectivity index (χ0) is 13.3. The summed E-state index contributed by atoms with van der Waals surface area (Å²) in [7, 11) is 0. The van der Waals surface area contributed by atoms with Crippen molar-refractivity contribution < 1.29 is 4.39 Å². The van der Waals surface area contributed by atoms with E-state index < -0.39 is 0 Å². The van der Waals surface area contributed by atoms with Gasteiger partial charge < -0.3 is 0 Å². The van der Waals surface area contributed by atoms with Gasteiger partial charge >= 0.3 is 0 Å². The van der Waals surface area contributed by atoms with Crippen molar-refractivity contribution in [1.29, 1.82) is 5.26 Å². The van der Waals surface area contributed by atoms with E-state index in [0.717, 1.165) is 22.4 Å². The van der Waals surface area contributed by atoms with Gasteiger partial charge in [0.15, 0.2) is 0 Å². The van der Waals surface area contributed by atoms with Crippen LogP contribution >= 0.6 is 11.6 Å². The Balaban J connectivity index is 2.77. The van der Waals surface area contributed by atoms with Gasteiger partial charge in [-0.2, -0.15) is 5.26 Å². The van der Waals surface area contributed by atoms with Crippen molar-refractivity contribution in [2.45, 2.75) is 13.8 Å². The smallest absolute Gasteiger partial charge is 0.147 e. The van der Waals surface area contributed by atoms with Crippen LogP contribution in [0.15, 0.2) is 24.3 Å². The minimum atomic E-state index is -0.313. The lowest BCUT2D eigenvalue weighted by Gasteiger charge is -2.11. The molecule has 1 aromatic carbocycles. The summed E-state index contributed by atoms with van der Waals surface area (Å²) in [5, 5.41) is 9.36. The summed E-state index contributed by atoms with van der Waals surface area (Å²) in [4.78, 5) is 4.12. The van der Waals surface area contributed by atoms with Crippen LogP contribution in [0.5, 0.6) is 0 Å². The van der Waals surface area contributed by atoms with Crippen molar-refractivity contribution >= 4 is 11.6 Å². The highest BCUT2D eigenvalue weighted by molar-refractivity contribution is 6.31. The van der Waals surface area contributed by atoms with Crippen molar-refractivity contribution in [2.24, 2.45) is 0 Å². The Bertz CT molecular complexity index is 642. The number of aryl methyl sites for hydroxylation is 1. The van der Waals surface area contributed by atoms with E-state index in [4.69, 9.17) is 11.6 Å². The lowest BCUT2D eigenvalue weighted by Crippen LogP contribution is -1.97. The van der Waals surface area contributed by atoms with Crippen LogP contribution in [0.25, 0.3) is 11.1 Å². The van der Waals surface area contributed by atoms with Gasteiger partial charge in [-0.05, 0) is 37.1 Å². The molecule has 0 saturated carbocycles. The number of hydrogen-bond acceptors (Lipinski definition) is 2. The third-order valence-corrected chi connectivity index (χ3v) is 3.16. The first-order valence-corrected chi connectivity index (χ1v) is 5.75. The maximum Gasteiger partial charge on any atom is 0.147 e. The average Bonchev–Trinajstić information content (AvgIpc) is 2.35. The van der Waals surface area contributed by atoms with E-state index in [9.17, 15) is 9.65 Å². The van der Waals surface area contributed by atoms with Crippen LogP contribution in [0.4, 0.5) is 4.39 Å². The molecule has 0 aliphatic carbocycles. The summed E-state index contributed by atoms with van der Waals surface area (Å²) in [5.74, 6) is -0.313. The molecule has 0 bridgehead atoms. The second-order valence-corrected chi connectivity index (χ2v) is 4.34. The Hall–Kier alpha value is -1.92. The van der Waals surface area contributed by atoms with Crippen LogP contribution in [0.3, 0.4) is 0 Å². The summed E-state index contributed by atoms with van der Waals surface area (Å²) in [6.45, 7) is 3.70. The van der Waals surface area contributed by atoms with Crippen molar-refractivity contribution in [3.63, 3.8) is 0 Å². The van der Waals surface area contributed by atoms with E-state index in [1.165, 1.54) is 12.1 Å². The van der Waals surface area contributed by atoms with Gasteiger partial charge in [0.1, 0.15) is 17.0 Å². The Labute approximate surface area is 110 Å². The first-order chi connectivity index (χ1) is 8.54. The summed E-state index contributed by atoms with van der Waals surface area (Å²) in [6, 6.07) is 8.04. The normalized spacial score (nSPS) is 10.2.